The van der Waals surface area contributed by atoms with Crippen LogP contribution >= 0.6 is 0 Å². The molecule has 582 valence electrons. The fourth-order valence-corrected chi connectivity index (χ4v) is 12.3. The van der Waals surface area contributed by atoms with Gasteiger partial charge < -0.3 is 92.6 Å². The van der Waals surface area contributed by atoms with Crippen molar-refractivity contribution in [2.75, 3.05) is 26.2 Å². The predicted molar refractivity (Wildman–Crippen MR) is 408 cm³/mol. The van der Waals surface area contributed by atoms with Crippen molar-refractivity contribution in [3.8, 4) is 0 Å². The van der Waals surface area contributed by atoms with Gasteiger partial charge >= 0.3 is 0 Å². The Balaban J connectivity index is 1.61. The molecule has 0 spiro atoms. The number of H-pyrrole nitrogens is 1. The Morgan fingerprint density at radius 1 is 0.362 bits per heavy atom. The maximum absolute atomic E-state index is 14.9. The van der Waals surface area contributed by atoms with Gasteiger partial charge in [-0.3, -0.25) is 52.7 Å². The molecule has 4 rings (SSSR count). The first-order valence-corrected chi connectivity index (χ1v) is 37.6. The number of amides is 11. The number of hydrogen-bond acceptors (Lipinski definition) is 16. The van der Waals surface area contributed by atoms with Crippen LogP contribution in [0.15, 0.2) is 91.1 Å². The lowest BCUT2D eigenvalue weighted by Crippen LogP contribution is -2.61. The molecule has 0 unspecified atom stereocenters. The molecular formula is C77H123N17O11. The normalized spacial score (nSPS) is 14.9. The van der Waals surface area contributed by atoms with Crippen LogP contribution < -0.4 is 87.6 Å². The lowest BCUT2D eigenvalue weighted by atomic mass is 9.95. The lowest BCUT2D eigenvalue weighted by molar-refractivity contribution is -0.137. The van der Waals surface area contributed by atoms with Crippen LogP contribution in [-0.2, 0) is 72.0 Å². The summed E-state index contributed by atoms with van der Waals surface area (Å²) in [6.07, 6.45) is 6.77. The quantitative estimate of drug-likeness (QED) is 0.0283. The summed E-state index contributed by atoms with van der Waals surface area (Å²) in [5.74, 6) is -8.57. The highest BCUT2D eigenvalue weighted by molar-refractivity contribution is 5.99. The first kappa shape index (κ1) is 88.6. The summed E-state index contributed by atoms with van der Waals surface area (Å²) in [6, 6.07) is 12.2. The van der Waals surface area contributed by atoms with E-state index in [1.54, 1.807) is 73.8 Å². The van der Waals surface area contributed by atoms with E-state index >= 15 is 0 Å². The zero-order chi connectivity index (χ0) is 77.5. The molecule has 1 heterocycles. The number of benzene rings is 3. The molecule has 11 amide bonds. The van der Waals surface area contributed by atoms with E-state index in [-0.39, 0.29) is 95.1 Å². The standard InChI is InChI=1S/C77H123N17O11/c1-9-50(8)66(77(105)93-63(42-49(6)7)73(101)87-59(34-20-24-38-80)71(99)91-65(44-52-28-14-11-15-29-52)76(104)89-61(67(83)95)40-47(2)3)94-72(100)60(35-21-25-39-81)86-69(97)58(33-19-23-37-79)88-75(103)64(43-51-26-12-10-13-27-51)92-74(102)62(41-48(4)5)90-70(98)57(32-18-22-36-78)85-68(96)55(82)45-53-46-84-56-31-17-16-30-54(53)56/h10-17,26-31,46-50,55,57-66,84H,9,18-25,32-45,78-82H2,1-8H3,(H2,83,95)(H,85,96)(H,86,97)(H,87,101)(H,88,103)(H,89,104)(H,90,98)(H,91,99)(H,92,102)(H,93,105)(H,94,100)/t50-,55-,57-,58-,59-,60-,61-,62-,63-,64-,65-,66-/m0/s1. The second-order valence-corrected chi connectivity index (χ2v) is 28.9. The molecular weight excluding hydrogens is 1340 g/mol. The first-order valence-electron chi connectivity index (χ1n) is 37.6. The maximum Gasteiger partial charge on any atom is 0.243 e. The molecule has 0 fully saturated rings. The van der Waals surface area contributed by atoms with Crippen molar-refractivity contribution in [1.29, 1.82) is 0 Å². The molecule has 0 saturated carbocycles. The van der Waals surface area contributed by atoms with Crippen LogP contribution in [0.25, 0.3) is 10.9 Å². The van der Waals surface area contributed by atoms with Crippen molar-refractivity contribution in [3.63, 3.8) is 0 Å². The van der Waals surface area contributed by atoms with E-state index in [1.807, 2.05) is 72.7 Å². The smallest absolute Gasteiger partial charge is 0.243 e. The van der Waals surface area contributed by atoms with Crippen LogP contribution in [0, 0.1) is 23.7 Å². The molecule has 105 heavy (non-hydrogen) atoms. The number of rotatable bonds is 51. The largest absolute Gasteiger partial charge is 0.368 e. The van der Waals surface area contributed by atoms with Gasteiger partial charge in [0.15, 0.2) is 0 Å². The van der Waals surface area contributed by atoms with E-state index in [0.717, 1.165) is 16.5 Å². The van der Waals surface area contributed by atoms with Crippen LogP contribution in [0.3, 0.4) is 0 Å². The Hall–Kier alpha value is -8.83. The molecule has 0 radical (unpaired) electrons. The number of carbonyl (C=O) groups is 11. The van der Waals surface area contributed by atoms with E-state index in [1.165, 1.54) is 0 Å². The highest BCUT2D eigenvalue weighted by atomic mass is 16.2. The molecule has 0 bridgehead atoms. The van der Waals surface area contributed by atoms with Crippen molar-refractivity contribution in [2.45, 2.75) is 244 Å². The topological polar surface area (TPSA) is 480 Å². The predicted octanol–water partition coefficient (Wildman–Crippen LogP) is 2.56. The Kier molecular flexibility index (Phi) is 40.1. The minimum absolute atomic E-state index is 0.00647. The number of unbranched alkanes of at least 4 members (excludes halogenated alkanes) is 4. The summed E-state index contributed by atoms with van der Waals surface area (Å²) in [6.45, 7) is 15.9. The van der Waals surface area contributed by atoms with Gasteiger partial charge in [0, 0.05) is 29.9 Å². The zero-order valence-corrected chi connectivity index (χ0v) is 63.0. The Labute approximate surface area is 620 Å². The van der Waals surface area contributed by atoms with E-state index in [2.05, 4.69) is 58.2 Å². The summed E-state index contributed by atoms with van der Waals surface area (Å²) in [5, 5.41) is 29.3. The number of nitrogens with two attached hydrogens (primary N) is 6. The van der Waals surface area contributed by atoms with Gasteiger partial charge in [-0.1, -0.05) is 141 Å². The summed E-state index contributed by atoms with van der Waals surface area (Å²) < 4.78 is 0. The minimum Gasteiger partial charge on any atom is -0.368 e. The maximum atomic E-state index is 14.9. The third-order valence-electron chi connectivity index (χ3n) is 18.4. The fourth-order valence-electron chi connectivity index (χ4n) is 12.3. The van der Waals surface area contributed by atoms with Crippen LogP contribution in [0.4, 0.5) is 0 Å². The van der Waals surface area contributed by atoms with Gasteiger partial charge in [0.05, 0.1) is 6.04 Å². The molecule has 1 aromatic heterocycles. The zero-order valence-electron chi connectivity index (χ0n) is 63.0. The number of aromatic nitrogens is 1. The Bertz CT molecular complexity index is 3350. The van der Waals surface area contributed by atoms with Crippen molar-refractivity contribution in [2.24, 2.45) is 58.1 Å². The molecule has 23 N–H and O–H groups in total. The van der Waals surface area contributed by atoms with Crippen molar-refractivity contribution in [1.82, 2.24) is 58.2 Å². The minimum atomic E-state index is -1.33. The SMILES string of the molecule is CC[C@H](C)[C@H](NC(=O)[C@H](CCCCN)NC(=O)[C@H](CCCCN)NC(=O)[C@H](Cc1ccccc1)NC(=O)[C@H](CC(C)C)NC(=O)[C@H](CCCCN)NC(=O)[C@@H](N)Cc1c[nH]c2ccccc12)C(=O)N[C@@H](CC(C)C)C(=O)N[C@@H](CCCCN)C(=O)N[C@@H](Cc1ccccc1)C(=O)N[C@@H](CC(C)C)C(N)=O. The summed E-state index contributed by atoms with van der Waals surface area (Å²) in [4.78, 5) is 161. The van der Waals surface area contributed by atoms with Gasteiger partial charge in [-0.2, -0.15) is 0 Å². The van der Waals surface area contributed by atoms with Crippen LogP contribution in [-0.4, -0.2) is 163 Å². The Morgan fingerprint density at radius 3 is 1.06 bits per heavy atom. The fraction of sp³-hybridized carbons (Fsp3) is 0.597. The number of fused-ring (bicyclic) bond motifs is 1. The second-order valence-electron chi connectivity index (χ2n) is 28.9. The van der Waals surface area contributed by atoms with Gasteiger partial charge in [-0.05, 0) is 175 Å². The van der Waals surface area contributed by atoms with Crippen molar-refractivity contribution in [3.05, 3.63) is 108 Å². The van der Waals surface area contributed by atoms with Gasteiger partial charge in [-0.25, -0.2) is 0 Å². The molecule has 28 heteroatoms. The highest BCUT2D eigenvalue weighted by Crippen LogP contribution is 2.21. The van der Waals surface area contributed by atoms with Crippen LogP contribution in [0.5, 0.6) is 0 Å². The molecule has 28 nitrogen and oxygen atoms in total. The highest BCUT2D eigenvalue weighted by Gasteiger charge is 2.38. The van der Waals surface area contributed by atoms with E-state index in [0.29, 0.717) is 82.0 Å². The molecule has 0 aliphatic carbocycles. The number of hydrogen-bond donors (Lipinski definition) is 17. The van der Waals surface area contributed by atoms with Crippen molar-refractivity contribution >= 4 is 75.9 Å². The number of carbonyl (C=O) groups excluding carboxylic acids is 11. The lowest BCUT2D eigenvalue weighted by Gasteiger charge is -2.30. The van der Waals surface area contributed by atoms with Crippen LogP contribution in [0.2, 0.25) is 0 Å². The average molecular weight is 1460 g/mol. The molecule has 4 aromatic rings. The molecule has 0 aliphatic rings. The second kappa shape index (κ2) is 47.6. The van der Waals surface area contributed by atoms with Gasteiger partial charge in [0.1, 0.15) is 60.4 Å². The van der Waals surface area contributed by atoms with E-state index in [9.17, 15) is 52.7 Å². The van der Waals surface area contributed by atoms with Gasteiger partial charge in [-0.15, -0.1) is 0 Å². The number of nitrogens with one attached hydrogen (secondary N) is 11. The third kappa shape index (κ3) is 31.8. The summed E-state index contributed by atoms with van der Waals surface area (Å²) >= 11 is 0. The Morgan fingerprint density at radius 2 is 0.676 bits per heavy atom. The number of aromatic amines is 1. The number of primary amides is 1. The van der Waals surface area contributed by atoms with Crippen molar-refractivity contribution < 1.29 is 52.7 Å². The summed E-state index contributed by atoms with van der Waals surface area (Å²) in [7, 11) is 0. The van der Waals surface area contributed by atoms with Gasteiger partial charge in [0.2, 0.25) is 65.0 Å². The van der Waals surface area contributed by atoms with Crippen LogP contribution in [0.1, 0.15) is 175 Å². The average Bonchev–Trinajstić information content (AvgIpc) is 1.74. The molecule has 3 aromatic carbocycles. The monoisotopic (exact) mass is 1460 g/mol. The molecule has 0 saturated heterocycles. The van der Waals surface area contributed by atoms with Gasteiger partial charge in [0.25, 0.3) is 0 Å². The van der Waals surface area contributed by atoms with E-state index < -0.39 is 137 Å². The number of para-hydroxylation sites is 1. The van der Waals surface area contributed by atoms with E-state index in [4.69, 9.17) is 34.4 Å². The first-order chi connectivity index (χ1) is 50.1. The molecule has 0 aliphatic heterocycles. The third-order valence-corrected chi connectivity index (χ3v) is 18.4. The molecule has 12 atom stereocenters. The summed E-state index contributed by atoms with van der Waals surface area (Å²) in [5.41, 5.74) is 38.8.